The highest BCUT2D eigenvalue weighted by atomic mass is 31.2. The molecule has 0 aliphatic heterocycles. The molecule has 0 aliphatic rings. The lowest BCUT2D eigenvalue weighted by Gasteiger charge is -2.28. The van der Waals surface area contributed by atoms with Crippen molar-refractivity contribution in [1.82, 2.24) is 0 Å². The quantitative estimate of drug-likeness (QED) is 0.143. The number of carbonyl (C=O) groups excluding carboxylic acids is 1. The molecule has 0 bridgehead atoms. The van der Waals surface area contributed by atoms with E-state index in [0.29, 0.717) is 11.0 Å². The van der Waals surface area contributed by atoms with Crippen LogP contribution in [0, 0.1) is 0 Å². The van der Waals surface area contributed by atoms with Crippen molar-refractivity contribution in [2.45, 2.75) is 77.2 Å². The van der Waals surface area contributed by atoms with Gasteiger partial charge in [-0.3, -0.25) is 9.36 Å². The number of quaternary nitrogens is 1. The molecule has 0 rings (SSSR count). The zero-order valence-electron chi connectivity index (χ0n) is 18.8. The average Bonchev–Trinajstić information content (AvgIpc) is 2.62. The third kappa shape index (κ3) is 19.2. The first-order chi connectivity index (χ1) is 13.6. The Kier molecular flexibility index (Phi) is 15.9. The molecule has 0 saturated carbocycles. The van der Waals surface area contributed by atoms with E-state index in [1.807, 2.05) is 21.1 Å². The second-order valence-corrected chi connectivity index (χ2v) is 9.87. The Labute approximate surface area is 176 Å². The van der Waals surface area contributed by atoms with Crippen LogP contribution in [0.1, 0.15) is 71.1 Å². The van der Waals surface area contributed by atoms with Gasteiger partial charge in [-0.05, 0) is 6.42 Å². The third-order valence-corrected chi connectivity index (χ3v) is 5.38. The summed E-state index contributed by atoms with van der Waals surface area (Å²) in [4.78, 5) is 23.6. The maximum absolute atomic E-state index is 11.9. The van der Waals surface area contributed by atoms with Crippen molar-refractivity contribution in [2.75, 3.05) is 47.5 Å². The summed E-state index contributed by atoms with van der Waals surface area (Å²) in [5, 5.41) is 9.29. The van der Waals surface area contributed by atoms with Crippen LogP contribution in [0.5, 0.6) is 0 Å². The zero-order chi connectivity index (χ0) is 22.2. The predicted molar refractivity (Wildman–Crippen MR) is 111 cm³/mol. The number of hydrogen-bond acceptors (Lipinski definition) is 7. The lowest BCUT2D eigenvalue weighted by Crippen LogP contribution is -2.37. The van der Waals surface area contributed by atoms with Gasteiger partial charge in [0.25, 0.3) is 7.82 Å². The van der Waals surface area contributed by atoms with Crippen molar-refractivity contribution in [1.29, 1.82) is 0 Å². The van der Waals surface area contributed by atoms with Crippen LogP contribution in [0.2, 0.25) is 0 Å². The van der Waals surface area contributed by atoms with Gasteiger partial charge in [0.1, 0.15) is 19.3 Å². The SMILES string of the molecule is CCCCCCCCCCCC(=O)OC(CO)COP(=O)([O-])OCC[N+](C)(C)C. The van der Waals surface area contributed by atoms with E-state index in [-0.39, 0.29) is 13.0 Å². The van der Waals surface area contributed by atoms with Crippen LogP contribution in [-0.2, 0) is 23.1 Å². The number of phosphoric ester groups is 1. The Morgan fingerprint density at radius 1 is 1.00 bits per heavy atom. The van der Waals surface area contributed by atoms with Crippen molar-refractivity contribution >= 4 is 13.8 Å². The number of rotatable bonds is 19. The largest absolute Gasteiger partial charge is 0.756 e. The lowest BCUT2D eigenvalue weighted by molar-refractivity contribution is -0.870. The van der Waals surface area contributed by atoms with Gasteiger partial charge in [0, 0.05) is 6.42 Å². The summed E-state index contributed by atoms with van der Waals surface area (Å²) in [7, 11) is 1.24. The first-order valence-electron chi connectivity index (χ1n) is 10.8. The number of phosphoric acid groups is 1. The molecule has 2 unspecified atom stereocenters. The normalized spacial score (nSPS) is 15.1. The van der Waals surface area contributed by atoms with E-state index in [9.17, 15) is 19.4 Å². The summed E-state index contributed by atoms with van der Waals surface area (Å²) < 4.78 is 26.9. The highest BCUT2D eigenvalue weighted by molar-refractivity contribution is 7.45. The van der Waals surface area contributed by atoms with E-state index in [1.54, 1.807) is 0 Å². The van der Waals surface area contributed by atoms with Crippen LogP contribution >= 0.6 is 7.82 Å². The van der Waals surface area contributed by atoms with Crippen molar-refractivity contribution < 1.29 is 37.6 Å². The van der Waals surface area contributed by atoms with E-state index in [0.717, 1.165) is 19.3 Å². The number of likely N-dealkylation sites (N-methyl/N-ethyl adjacent to an activating group) is 1. The average molecular weight is 440 g/mol. The minimum absolute atomic E-state index is 0.00748. The van der Waals surface area contributed by atoms with Gasteiger partial charge in [0.05, 0.1) is 34.4 Å². The van der Waals surface area contributed by atoms with Crippen molar-refractivity contribution in [3.8, 4) is 0 Å². The van der Waals surface area contributed by atoms with Gasteiger partial charge in [0.15, 0.2) is 0 Å². The molecule has 0 radical (unpaired) electrons. The molecule has 0 saturated heterocycles. The maximum Gasteiger partial charge on any atom is 0.306 e. The molecular formula is C20H42NO7P. The van der Waals surface area contributed by atoms with Gasteiger partial charge in [-0.25, -0.2) is 0 Å². The number of unbranched alkanes of at least 4 members (excludes halogenated alkanes) is 8. The molecule has 0 spiro atoms. The lowest BCUT2D eigenvalue weighted by atomic mass is 10.1. The fraction of sp³-hybridized carbons (Fsp3) is 0.950. The molecule has 0 heterocycles. The highest BCUT2D eigenvalue weighted by Crippen LogP contribution is 2.38. The molecule has 0 aromatic carbocycles. The molecule has 0 aromatic heterocycles. The monoisotopic (exact) mass is 439 g/mol. The number of hydrogen-bond donors (Lipinski definition) is 1. The molecule has 2 atom stereocenters. The summed E-state index contributed by atoms with van der Waals surface area (Å²) in [5.74, 6) is -0.456. The standard InChI is InChI=1S/C20H42NO7P/c1-5-6-7-8-9-10-11-12-13-14-20(23)28-19(17-22)18-27-29(24,25)26-16-15-21(2,3)4/h19,22H,5-18H2,1-4H3. The van der Waals surface area contributed by atoms with E-state index in [2.05, 4.69) is 6.92 Å². The van der Waals surface area contributed by atoms with E-state index in [4.69, 9.17) is 13.8 Å². The zero-order valence-corrected chi connectivity index (χ0v) is 19.7. The van der Waals surface area contributed by atoms with Gasteiger partial charge in [-0.1, -0.05) is 58.3 Å². The van der Waals surface area contributed by atoms with Crippen molar-refractivity contribution in [2.24, 2.45) is 0 Å². The molecule has 0 amide bonds. The molecule has 174 valence electrons. The number of esters is 1. The van der Waals surface area contributed by atoms with Crippen LogP contribution in [0.3, 0.4) is 0 Å². The first kappa shape index (κ1) is 28.5. The number of aliphatic hydroxyl groups is 1. The van der Waals surface area contributed by atoms with Gasteiger partial charge >= 0.3 is 5.97 Å². The Bertz CT molecular complexity index is 468. The van der Waals surface area contributed by atoms with E-state index < -0.39 is 33.1 Å². The second kappa shape index (κ2) is 16.2. The summed E-state index contributed by atoms with van der Waals surface area (Å²) in [6, 6.07) is 0. The Morgan fingerprint density at radius 2 is 1.55 bits per heavy atom. The van der Waals surface area contributed by atoms with Crippen LogP contribution in [0.15, 0.2) is 0 Å². The Morgan fingerprint density at radius 3 is 2.07 bits per heavy atom. The number of aliphatic hydroxyl groups excluding tert-OH is 1. The molecule has 0 aromatic rings. The predicted octanol–water partition coefficient (Wildman–Crippen LogP) is 3.02. The van der Waals surface area contributed by atoms with Gasteiger partial charge in [-0.15, -0.1) is 0 Å². The Balaban J connectivity index is 3.89. The van der Waals surface area contributed by atoms with Crippen LogP contribution in [0.4, 0.5) is 0 Å². The van der Waals surface area contributed by atoms with Crippen molar-refractivity contribution in [3.05, 3.63) is 0 Å². The van der Waals surface area contributed by atoms with Crippen LogP contribution in [-0.4, -0.2) is 69.2 Å². The summed E-state index contributed by atoms with van der Waals surface area (Å²) in [6.45, 7) is 1.72. The fourth-order valence-electron chi connectivity index (χ4n) is 2.59. The summed E-state index contributed by atoms with van der Waals surface area (Å²) >= 11 is 0. The fourth-order valence-corrected chi connectivity index (χ4v) is 3.32. The Hall–Kier alpha value is -0.500. The van der Waals surface area contributed by atoms with Gasteiger partial charge in [0.2, 0.25) is 0 Å². The smallest absolute Gasteiger partial charge is 0.306 e. The topological polar surface area (TPSA) is 105 Å². The molecule has 9 heteroatoms. The van der Waals surface area contributed by atoms with Crippen molar-refractivity contribution in [3.63, 3.8) is 0 Å². The number of ether oxygens (including phenoxy) is 1. The second-order valence-electron chi connectivity index (χ2n) is 8.46. The third-order valence-electron chi connectivity index (χ3n) is 4.42. The molecule has 0 fully saturated rings. The molecule has 1 N–H and O–H groups in total. The number of nitrogens with zero attached hydrogens (tertiary/aromatic N) is 1. The van der Waals surface area contributed by atoms with Crippen LogP contribution < -0.4 is 4.89 Å². The van der Waals surface area contributed by atoms with Crippen LogP contribution in [0.25, 0.3) is 0 Å². The van der Waals surface area contributed by atoms with Gasteiger partial charge < -0.3 is 28.3 Å². The molecule has 0 aliphatic carbocycles. The summed E-state index contributed by atoms with van der Waals surface area (Å²) in [6.07, 6.45) is 9.53. The first-order valence-corrected chi connectivity index (χ1v) is 12.3. The van der Waals surface area contributed by atoms with Gasteiger partial charge in [-0.2, -0.15) is 0 Å². The van der Waals surface area contributed by atoms with E-state index in [1.165, 1.54) is 38.5 Å². The maximum atomic E-state index is 11.9. The molecule has 29 heavy (non-hydrogen) atoms. The molecular weight excluding hydrogens is 397 g/mol. The summed E-state index contributed by atoms with van der Waals surface area (Å²) in [5.41, 5.74) is 0. The minimum atomic E-state index is -4.50. The van der Waals surface area contributed by atoms with E-state index >= 15 is 0 Å². The highest BCUT2D eigenvalue weighted by Gasteiger charge is 2.19. The minimum Gasteiger partial charge on any atom is -0.756 e. The molecule has 8 nitrogen and oxygen atoms in total. The number of carbonyl (C=O) groups is 1.